The van der Waals surface area contributed by atoms with Crippen LogP contribution in [-0.4, -0.2) is 93.4 Å². The first-order valence-electron chi connectivity index (χ1n) is 8.78. The van der Waals surface area contributed by atoms with Crippen molar-refractivity contribution in [3.63, 3.8) is 0 Å². The predicted octanol–water partition coefficient (Wildman–Crippen LogP) is -2.91. The second kappa shape index (κ2) is 6.35. The number of aliphatic hydroxyl groups excluding tert-OH is 4. The molecule has 3 saturated heterocycles. The van der Waals surface area contributed by atoms with Crippen LogP contribution in [0, 0.1) is 17.8 Å². The molecular weight excluding hydrogens is 352 g/mol. The molecular formula is C16H24O10. The van der Waals surface area contributed by atoms with E-state index in [1.165, 1.54) is 0 Å². The third kappa shape index (κ3) is 2.52. The topological polar surface area (TPSA) is 155 Å². The second-order valence-electron chi connectivity index (χ2n) is 7.67. The first-order valence-corrected chi connectivity index (χ1v) is 8.78. The zero-order valence-electron chi connectivity index (χ0n) is 14.2. The van der Waals surface area contributed by atoms with E-state index >= 15 is 0 Å². The second-order valence-corrected chi connectivity index (χ2v) is 7.67. The maximum Gasteiger partial charge on any atom is 0.314 e. The molecule has 0 radical (unpaired) electrons. The minimum atomic E-state index is -1.60. The first-order chi connectivity index (χ1) is 12.3. The van der Waals surface area contributed by atoms with Gasteiger partial charge in [0.2, 0.25) is 0 Å². The molecule has 0 aromatic carbocycles. The molecule has 4 fully saturated rings. The summed E-state index contributed by atoms with van der Waals surface area (Å²) >= 11 is 0. The Labute approximate surface area is 149 Å². The minimum absolute atomic E-state index is 0.0649. The van der Waals surface area contributed by atoms with Crippen LogP contribution in [0.3, 0.4) is 0 Å². The summed E-state index contributed by atoms with van der Waals surface area (Å²) in [6.07, 6.45) is -8.31. The van der Waals surface area contributed by atoms with Crippen molar-refractivity contribution in [1.82, 2.24) is 0 Å². The Balaban J connectivity index is 1.53. The zero-order chi connectivity index (χ0) is 18.8. The van der Waals surface area contributed by atoms with Gasteiger partial charge >= 0.3 is 5.97 Å². The number of carbonyl (C=O) groups excluding carboxylic acids is 1. The third-order valence-corrected chi connectivity index (χ3v) is 6.23. The fourth-order valence-electron chi connectivity index (χ4n) is 4.66. The van der Waals surface area contributed by atoms with Crippen LogP contribution in [-0.2, 0) is 23.7 Å². The first kappa shape index (κ1) is 18.5. The number of esters is 1. The summed E-state index contributed by atoms with van der Waals surface area (Å²) in [5.74, 6) is -2.05. The van der Waals surface area contributed by atoms with Crippen LogP contribution >= 0.6 is 0 Å². The summed E-state index contributed by atoms with van der Waals surface area (Å²) in [5, 5.41) is 50.0. The van der Waals surface area contributed by atoms with E-state index in [9.17, 15) is 30.3 Å². The van der Waals surface area contributed by atoms with Crippen LogP contribution in [0.2, 0.25) is 0 Å². The number of aliphatic hydroxyl groups is 5. The van der Waals surface area contributed by atoms with E-state index in [0.29, 0.717) is 6.42 Å². The molecule has 0 amide bonds. The van der Waals surface area contributed by atoms with Crippen molar-refractivity contribution in [3.8, 4) is 0 Å². The van der Waals surface area contributed by atoms with Crippen molar-refractivity contribution in [1.29, 1.82) is 0 Å². The molecule has 26 heavy (non-hydrogen) atoms. The molecule has 5 N–H and O–H groups in total. The summed E-state index contributed by atoms with van der Waals surface area (Å²) in [7, 11) is 0. The van der Waals surface area contributed by atoms with Gasteiger partial charge in [0.15, 0.2) is 12.6 Å². The molecule has 0 spiro atoms. The molecule has 3 heterocycles. The van der Waals surface area contributed by atoms with Crippen molar-refractivity contribution in [3.05, 3.63) is 0 Å². The van der Waals surface area contributed by atoms with Gasteiger partial charge in [0, 0.05) is 5.92 Å². The number of carbonyl (C=O) groups is 1. The summed E-state index contributed by atoms with van der Waals surface area (Å²) in [5.41, 5.74) is -1.20. The van der Waals surface area contributed by atoms with E-state index in [1.54, 1.807) is 0 Å². The SMILES string of the molecule is C[C@H]1C[C@@H]2OC(=O)[C@@H]3[C@@H](O[C@@H]4O[C@H](CO)[C@@H](O)[C@H](O)[C@H]4O)OC[C@@]1(O)[C@@H]32. The molecule has 0 unspecified atom stereocenters. The lowest BCUT2D eigenvalue weighted by Crippen LogP contribution is -2.62. The van der Waals surface area contributed by atoms with E-state index in [2.05, 4.69) is 0 Å². The van der Waals surface area contributed by atoms with Gasteiger partial charge in [-0.3, -0.25) is 4.79 Å². The average Bonchev–Trinajstić information content (AvgIpc) is 3.06. The lowest BCUT2D eigenvalue weighted by atomic mass is 9.76. The molecule has 10 heteroatoms. The Kier molecular flexibility index (Phi) is 4.52. The number of hydrogen-bond acceptors (Lipinski definition) is 10. The van der Waals surface area contributed by atoms with Gasteiger partial charge in [0.1, 0.15) is 36.4 Å². The van der Waals surface area contributed by atoms with Crippen molar-refractivity contribution in [2.45, 2.75) is 62.0 Å². The normalized spacial score (nSPS) is 56.3. The van der Waals surface area contributed by atoms with E-state index in [4.69, 9.17) is 18.9 Å². The fourth-order valence-corrected chi connectivity index (χ4v) is 4.66. The Morgan fingerprint density at radius 1 is 1.19 bits per heavy atom. The quantitative estimate of drug-likeness (QED) is 0.324. The van der Waals surface area contributed by atoms with Crippen LogP contribution < -0.4 is 0 Å². The lowest BCUT2D eigenvalue weighted by molar-refractivity contribution is -0.359. The van der Waals surface area contributed by atoms with E-state index < -0.39 is 73.1 Å². The summed E-state index contributed by atoms with van der Waals surface area (Å²) < 4.78 is 21.8. The number of hydrogen-bond donors (Lipinski definition) is 5. The van der Waals surface area contributed by atoms with E-state index in [0.717, 1.165) is 0 Å². The monoisotopic (exact) mass is 376 g/mol. The van der Waals surface area contributed by atoms with Crippen molar-refractivity contribution in [2.24, 2.45) is 17.8 Å². The van der Waals surface area contributed by atoms with Gasteiger partial charge in [-0.25, -0.2) is 0 Å². The van der Waals surface area contributed by atoms with Crippen molar-refractivity contribution < 1.29 is 49.3 Å². The number of rotatable bonds is 3. The molecule has 1 saturated carbocycles. The summed E-state index contributed by atoms with van der Waals surface area (Å²) in [4.78, 5) is 12.3. The van der Waals surface area contributed by atoms with Crippen LogP contribution in [0.25, 0.3) is 0 Å². The largest absolute Gasteiger partial charge is 0.462 e. The van der Waals surface area contributed by atoms with Gasteiger partial charge in [0.25, 0.3) is 0 Å². The maximum absolute atomic E-state index is 12.3. The molecule has 10 nitrogen and oxygen atoms in total. The highest BCUT2D eigenvalue weighted by Crippen LogP contribution is 2.54. The van der Waals surface area contributed by atoms with E-state index in [-0.39, 0.29) is 12.5 Å². The van der Waals surface area contributed by atoms with Gasteiger partial charge in [-0.1, -0.05) is 6.92 Å². The Morgan fingerprint density at radius 2 is 1.92 bits per heavy atom. The van der Waals surface area contributed by atoms with Gasteiger partial charge in [-0.05, 0) is 12.3 Å². The maximum atomic E-state index is 12.3. The highest BCUT2D eigenvalue weighted by molar-refractivity contribution is 5.76. The highest BCUT2D eigenvalue weighted by atomic mass is 16.8. The van der Waals surface area contributed by atoms with Crippen molar-refractivity contribution >= 4 is 5.97 Å². The fraction of sp³-hybridized carbons (Fsp3) is 0.938. The zero-order valence-corrected chi connectivity index (χ0v) is 14.2. The van der Waals surface area contributed by atoms with Gasteiger partial charge in [-0.2, -0.15) is 0 Å². The van der Waals surface area contributed by atoms with Gasteiger partial charge < -0.3 is 44.5 Å². The molecule has 3 aliphatic heterocycles. The molecule has 0 bridgehead atoms. The van der Waals surface area contributed by atoms with Gasteiger partial charge in [-0.15, -0.1) is 0 Å². The summed E-state index contributed by atoms with van der Waals surface area (Å²) in [6, 6.07) is 0. The lowest BCUT2D eigenvalue weighted by Gasteiger charge is -2.45. The third-order valence-electron chi connectivity index (χ3n) is 6.23. The molecule has 1 aliphatic carbocycles. The van der Waals surface area contributed by atoms with Crippen molar-refractivity contribution in [2.75, 3.05) is 13.2 Å². The molecule has 4 rings (SSSR count). The van der Waals surface area contributed by atoms with Crippen LogP contribution in [0.15, 0.2) is 0 Å². The molecule has 148 valence electrons. The Morgan fingerprint density at radius 3 is 2.62 bits per heavy atom. The predicted molar refractivity (Wildman–Crippen MR) is 80.2 cm³/mol. The standard InChI is InChI=1S/C16H24O10/c1-5-2-6-9-8(13(21)24-6)14(23-4-16(5,9)22)26-15-12(20)11(19)10(18)7(3-17)25-15/h5-12,14-15,17-20,22H,2-4H2,1H3/t5-,6-,7+,8+,9+,10+,11-,12+,14+,15-,16-/m0/s1. The van der Waals surface area contributed by atoms with Crippen LogP contribution in [0.1, 0.15) is 13.3 Å². The molecule has 11 atom stereocenters. The van der Waals surface area contributed by atoms with Gasteiger partial charge in [0.05, 0.1) is 18.8 Å². The molecule has 0 aromatic heterocycles. The van der Waals surface area contributed by atoms with E-state index in [1.807, 2.05) is 6.92 Å². The van der Waals surface area contributed by atoms with Crippen LogP contribution in [0.5, 0.6) is 0 Å². The Bertz CT molecular complexity index is 569. The highest BCUT2D eigenvalue weighted by Gasteiger charge is 2.67. The molecule has 0 aromatic rings. The minimum Gasteiger partial charge on any atom is -0.462 e. The number of ether oxygens (including phenoxy) is 4. The average molecular weight is 376 g/mol. The molecule has 4 aliphatic rings. The smallest absolute Gasteiger partial charge is 0.314 e. The summed E-state index contributed by atoms with van der Waals surface area (Å²) in [6.45, 7) is 1.21. The Hall–Kier alpha value is -0.850. The van der Waals surface area contributed by atoms with Crippen LogP contribution in [0.4, 0.5) is 0 Å².